The van der Waals surface area contributed by atoms with Gasteiger partial charge in [0, 0.05) is 31.4 Å². The van der Waals surface area contributed by atoms with E-state index in [4.69, 9.17) is 4.74 Å². The summed E-state index contributed by atoms with van der Waals surface area (Å²) in [6.45, 7) is 8.44. The predicted octanol–water partition coefficient (Wildman–Crippen LogP) is 1.87. The van der Waals surface area contributed by atoms with Crippen LogP contribution in [-0.4, -0.2) is 60.3 Å². The Labute approximate surface area is 127 Å². The number of aromatic nitrogens is 2. The van der Waals surface area contributed by atoms with Crippen molar-refractivity contribution in [2.75, 3.05) is 44.2 Å². The lowest BCUT2D eigenvalue weighted by Gasteiger charge is -2.26. The summed E-state index contributed by atoms with van der Waals surface area (Å²) < 4.78 is 6.06. The van der Waals surface area contributed by atoms with Crippen LogP contribution in [0.25, 0.3) is 0 Å². The zero-order valence-electron chi connectivity index (χ0n) is 13.0. The second-order valence-corrected chi connectivity index (χ2v) is 6.15. The number of hydrogen-bond donors (Lipinski definition) is 0. The predicted molar refractivity (Wildman–Crippen MR) is 83.6 cm³/mol. The van der Waals surface area contributed by atoms with Crippen LogP contribution >= 0.6 is 0 Å². The Morgan fingerprint density at radius 3 is 2.86 bits per heavy atom. The highest BCUT2D eigenvalue weighted by Crippen LogP contribution is 2.20. The van der Waals surface area contributed by atoms with Gasteiger partial charge in [-0.15, -0.1) is 0 Å². The minimum atomic E-state index is 0.352. The molecule has 5 nitrogen and oxygen atoms in total. The van der Waals surface area contributed by atoms with Gasteiger partial charge in [-0.25, -0.2) is 9.97 Å². The van der Waals surface area contributed by atoms with Gasteiger partial charge < -0.3 is 14.5 Å². The first-order valence-corrected chi connectivity index (χ1v) is 8.19. The Morgan fingerprint density at radius 2 is 2.05 bits per heavy atom. The molecule has 0 saturated carbocycles. The summed E-state index contributed by atoms with van der Waals surface area (Å²) in [5, 5.41) is 0. The molecule has 0 amide bonds. The monoisotopic (exact) mass is 290 g/mol. The molecular weight excluding hydrogens is 264 g/mol. The SMILES string of the molecule is Cc1cc(N2CC[C@H](OCCN3CCCCC3)C2)ncn1. The topological polar surface area (TPSA) is 41.5 Å². The van der Waals surface area contributed by atoms with Crippen LogP contribution in [0.15, 0.2) is 12.4 Å². The number of nitrogens with zero attached hydrogens (tertiary/aromatic N) is 4. The lowest BCUT2D eigenvalue weighted by Crippen LogP contribution is -2.34. The number of anilines is 1. The van der Waals surface area contributed by atoms with Gasteiger partial charge in [-0.2, -0.15) is 0 Å². The van der Waals surface area contributed by atoms with Crippen LogP contribution in [0.2, 0.25) is 0 Å². The summed E-state index contributed by atoms with van der Waals surface area (Å²) in [7, 11) is 0. The van der Waals surface area contributed by atoms with E-state index in [9.17, 15) is 0 Å². The average Bonchev–Trinajstić information content (AvgIpc) is 2.97. The molecular formula is C16H26N4O. The van der Waals surface area contributed by atoms with Crippen molar-refractivity contribution in [1.29, 1.82) is 0 Å². The Morgan fingerprint density at radius 1 is 1.19 bits per heavy atom. The third-order valence-corrected chi connectivity index (χ3v) is 4.47. The highest BCUT2D eigenvalue weighted by molar-refractivity contribution is 5.40. The summed E-state index contributed by atoms with van der Waals surface area (Å²) in [5.74, 6) is 1.03. The fourth-order valence-electron chi connectivity index (χ4n) is 3.22. The van der Waals surface area contributed by atoms with Gasteiger partial charge in [-0.3, -0.25) is 0 Å². The molecule has 0 aliphatic carbocycles. The maximum Gasteiger partial charge on any atom is 0.132 e. The van der Waals surface area contributed by atoms with E-state index in [1.807, 2.05) is 6.92 Å². The Balaban J connectivity index is 1.40. The summed E-state index contributed by atoms with van der Waals surface area (Å²) >= 11 is 0. The smallest absolute Gasteiger partial charge is 0.132 e. The molecule has 0 radical (unpaired) electrons. The Bertz CT molecular complexity index is 448. The zero-order chi connectivity index (χ0) is 14.5. The van der Waals surface area contributed by atoms with E-state index < -0.39 is 0 Å². The fraction of sp³-hybridized carbons (Fsp3) is 0.750. The number of rotatable bonds is 5. The molecule has 0 N–H and O–H groups in total. The van der Waals surface area contributed by atoms with Gasteiger partial charge in [0.2, 0.25) is 0 Å². The van der Waals surface area contributed by atoms with Gasteiger partial charge in [0.25, 0.3) is 0 Å². The van der Waals surface area contributed by atoms with Crippen molar-refractivity contribution >= 4 is 5.82 Å². The molecule has 0 unspecified atom stereocenters. The van der Waals surface area contributed by atoms with Crippen molar-refractivity contribution in [3.8, 4) is 0 Å². The van der Waals surface area contributed by atoms with Gasteiger partial charge in [0.05, 0.1) is 12.7 Å². The van der Waals surface area contributed by atoms with E-state index in [-0.39, 0.29) is 0 Å². The first kappa shape index (κ1) is 14.7. The van der Waals surface area contributed by atoms with Crippen LogP contribution in [0.4, 0.5) is 5.82 Å². The van der Waals surface area contributed by atoms with Crippen molar-refractivity contribution in [3.05, 3.63) is 18.1 Å². The lowest BCUT2D eigenvalue weighted by atomic mass is 10.1. The Hall–Kier alpha value is -1.20. The third-order valence-electron chi connectivity index (χ3n) is 4.47. The van der Waals surface area contributed by atoms with Crippen LogP contribution in [-0.2, 0) is 4.74 Å². The standard InChI is InChI=1S/C16H26N4O/c1-14-11-16(18-13-17-14)20-8-5-15(12-20)21-10-9-19-6-3-2-4-7-19/h11,13,15H,2-10,12H2,1H3/t15-/m0/s1. The highest BCUT2D eigenvalue weighted by atomic mass is 16.5. The molecule has 2 aliphatic rings. The van der Waals surface area contributed by atoms with Gasteiger partial charge in [-0.1, -0.05) is 6.42 Å². The summed E-state index contributed by atoms with van der Waals surface area (Å²) in [6.07, 6.45) is 7.20. The molecule has 116 valence electrons. The first-order valence-electron chi connectivity index (χ1n) is 8.19. The second-order valence-electron chi connectivity index (χ2n) is 6.15. The molecule has 1 aromatic heterocycles. The average molecular weight is 290 g/mol. The van der Waals surface area contributed by atoms with E-state index in [2.05, 4.69) is 25.8 Å². The van der Waals surface area contributed by atoms with Gasteiger partial charge >= 0.3 is 0 Å². The van der Waals surface area contributed by atoms with E-state index >= 15 is 0 Å². The zero-order valence-corrected chi connectivity index (χ0v) is 13.0. The van der Waals surface area contributed by atoms with Gasteiger partial charge in [0.1, 0.15) is 12.1 Å². The van der Waals surface area contributed by atoms with Crippen LogP contribution < -0.4 is 4.90 Å². The molecule has 1 aromatic rings. The highest BCUT2D eigenvalue weighted by Gasteiger charge is 2.24. The first-order chi connectivity index (χ1) is 10.3. The normalized spacial score (nSPS) is 23.7. The molecule has 0 bridgehead atoms. The fourth-order valence-corrected chi connectivity index (χ4v) is 3.22. The maximum absolute atomic E-state index is 6.06. The second kappa shape index (κ2) is 7.18. The molecule has 21 heavy (non-hydrogen) atoms. The molecule has 5 heteroatoms. The Kier molecular flexibility index (Phi) is 5.04. The minimum Gasteiger partial charge on any atom is -0.375 e. The van der Waals surface area contributed by atoms with Gasteiger partial charge in [0.15, 0.2) is 0 Å². The van der Waals surface area contributed by atoms with Crippen molar-refractivity contribution < 1.29 is 4.74 Å². The number of ether oxygens (including phenoxy) is 1. The molecule has 0 aromatic carbocycles. The van der Waals surface area contributed by atoms with E-state index in [0.29, 0.717) is 6.10 Å². The largest absolute Gasteiger partial charge is 0.375 e. The van der Waals surface area contributed by atoms with Crippen LogP contribution in [0.3, 0.4) is 0 Å². The van der Waals surface area contributed by atoms with Crippen LogP contribution in [0.5, 0.6) is 0 Å². The number of likely N-dealkylation sites (tertiary alicyclic amines) is 1. The quantitative estimate of drug-likeness (QED) is 0.828. The van der Waals surface area contributed by atoms with Crippen LogP contribution in [0.1, 0.15) is 31.4 Å². The molecule has 1 atom stereocenters. The maximum atomic E-state index is 6.06. The summed E-state index contributed by atoms with van der Waals surface area (Å²) in [4.78, 5) is 13.4. The molecule has 2 aliphatic heterocycles. The van der Waals surface area contributed by atoms with E-state index in [0.717, 1.165) is 44.2 Å². The molecule has 3 rings (SSSR count). The van der Waals surface area contributed by atoms with Crippen molar-refractivity contribution in [1.82, 2.24) is 14.9 Å². The molecule has 2 saturated heterocycles. The molecule has 3 heterocycles. The number of hydrogen-bond acceptors (Lipinski definition) is 5. The summed E-state index contributed by atoms with van der Waals surface area (Å²) in [5.41, 5.74) is 1.02. The van der Waals surface area contributed by atoms with Crippen molar-refractivity contribution in [3.63, 3.8) is 0 Å². The summed E-state index contributed by atoms with van der Waals surface area (Å²) in [6, 6.07) is 2.05. The molecule has 2 fully saturated rings. The van der Waals surface area contributed by atoms with Crippen molar-refractivity contribution in [2.45, 2.75) is 38.7 Å². The number of piperidine rings is 1. The minimum absolute atomic E-state index is 0.352. The number of aryl methyl sites for hydroxylation is 1. The van der Waals surface area contributed by atoms with Crippen molar-refractivity contribution in [2.24, 2.45) is 0 Å². The van der Waals surface area contributed by atoms with E-state index in [1.165, 1.54) is 32.4 Å². The van der Waals surface area contributed by atoms with Crippen LogP contribution in [0, 0.1) is 6.92 Å². The third kappa shape index (κ3) is 4.14. The van der Waals surface area contributed by atoms with E-state index in [1.54, 1.807) is 6.33 Å². The molecule has 0 spiro atoms. The lowest BCUT2D eigenvalue weighted by molar-refractivity contribution is 0.0467. The van der Waals surface area contributed by atoms with Gasteiger partial charge in [-0.05, 0) is 39.3 Å².